The van der Waals surface area contributed by atoms with E-state index in [4.69, 9.17) is 0 Å². The number of nitrogens with zero attached hydrogens (tertiary/aromatic N) is 3. The van der Waals surface area contributed by atoms with E-state index in [-0.39, 0.29) is 5.56 Å². The van der Waals surface area contributed by atoms with E-state index in [0.29, 0.717) is 17.4 Å². The lowest BCUT2D eigenvalue weighted by Gasteiger charge is -2.04. The van der Waals surface area contributed by atoms with Crippen molar-refractivity contribution in [2.75, 3.05) is 0 Å². The third-order valence-corrected chi connectivity index (χ3v) is 2.27. The van der Waals surface area contributed by atoms with Gasteiger partial charge in [0.1, 0.15) is 0 Å². The molecule has 2 rings (SSSR count). The van der Waals surface area contributed by atoms with Crippen molar-refractivity contribution in [2.24, 2.45) is 0 Å². The number of aryl methyl sites for hydroxylation is 2. The Morgan fingerprint density at radius 2 is 2.21 bits per heavy atom. The Hall–Kier alpha value is -1.71. The molecule has 0 amide bonds. The van der Waals surface area contributed by atoms with Gasteiger partial charge < -0.3 is 0 Å². The minimum Gasteiger partial charge on any atom is -0.299 e. The highest BCUT2D eigenvalue weighted by atomic mass is 16.1. The van der Waals surface area contributed by atoms with Crippen LogP contribution in [0.2, 0.25) is 0 Å². The van der Waals surface area contributed by atoms with Crippen LogP contribution in [-0.4, -0.2) is 14.5 Å². The molecule has 0 radical (unpaired) electrons. The molecule has 0 aliphatic carbocycles. The van der Waals surface area contributed by atoms with Crippen LogP contribution in [0.25, 0.3) is 10.9 Å². The number of rotatable bonds is 1. The van der Waals surface area contributed by atoms with Gasteiger partial charge in [-0.05, 0) is 19.4 Å². The van der Waals surface area contributed by atoms with Gasteiger partial charge in [-0.15, -0.1) is 0 Å². The maximum Gasteiger partial charge on any atom is 0.261 e. The molecule has 0 fully saturated rings. The molecule has 2 heterocycles. The predicted octanol–water partition coefficient (Wildman–Crippen LogP) is 1.12. The van der Waals surface area contributed by atoms with Gasteiger partial charge in [-0.25, -0.2) is 4.98 Å². The molecule has 2 aromatic rings. The first-order valence-corrected chi connectivity index (χ1v) is 4.53. The Morgan fingerprint density at radius 3 is 2.93 bits per heavy atom. The van der Waals surface area contributed by atoms with Crippen LogP contribution in [0, 0.1) is 6.92 Å². The van der Waals surface area contributed by atoms with Crippen molar-refractivity contribution >= 4 is 10.9 Å². The molecule has 0 saturated heterocycles. The first-order valence-electron chi connectivity index (χ1n) is 4.53. The SMILES string of the molecule is CCn1cnc2cncc(C)c2c1=O. The van der Waals surface area contributed by atoms with Crippen LogP contribution in [0.15, 0.2) is 23.5 Å². The van der Waals surface area contributed by atoms with Crippen LogP contribution in [0.5, 0.6) is 0 Å². The second-order valence-electron chi connectivity index (χ2n) is 3.19. The molecule has 14 heavy (non-hydrogen) atoms. The molecule has 0 atom stereocenters. The third-order valence-electron chi connectivity index (χ3n) is 2.27. The normalized spacial score (nSPS) is 10.7. The van der Waals surface area contributed by atoms with E-state index in [1.54, 1.807) is 23.3 Å². The van der Waals surface area contributed by atoms with Gasteiger partial charge in [0.05, 0.1) is 23.4 Å². The summed E-state index contributed by atoms with van der Waals surface area (Å²) in [6.07, 6.45) is 4.86. The third kappa shape index (κ3) is 1.19. The highest BCUT2D eigenvalue weighted by molar-refractivity contribution is 5.79. The molecule has 0 bridgehead atoms. The minimum absolute atomic E-state index is 0.0115. The Balaban J connectivity index is 2.94. The number of pyridine rings is 1. The Bertz CT molecular complexity index is 530. The minimum atomic E-state index is 0.0115. The summed E-state index contributed by atoms with van der Waals surface area (Å²) in [7, 11) is 0. The molecule has 0 aliphatic heterocycles. The van der Waals surface area contributed by atoms with Gasteiger partial charge in [0.25, 0.3) is 5.56 Å². The van der Waals surface area contributed by atoms with Gasteiger partial charge in [-0.3, -0.25) is 14.3 Å². The number of hydrogen-bond acceptors (Lipinski definition) is 3. The van der Waals surface area contributed by atoms with Crippen molar-refractivity contribution in [3.8, 4) is 0 Å². The number of hydrogen-bond donors (Lipinski definition) is 0. The molecule has 0 aromatic carbocycles. The molecular formula is C10H11N3O. The second-order valence-corrected chi connectivity index (χ2v) is 3.19. The molecule has 0 saturated carbocycles. The standard InChI is InChI=1S/C10H11N3O/c1-3-13-6-12-8-5-11-4-7(2)9(8)10(13)14/h4-6H,3H2,1-2H3. The fourth-order valence-corrected chi connectivity index (χ4v) is 1.48. The first kappa shape index (κ1) is 8.87. The summed E-state index contributed by atoms with van der Waals surface area (Å²) in [6.45, 7) is 4.44. The average Bonchev–Trinajstić information content (AvgIpc) is 2.18. The zero-order chi connectivity index (χ0) is 10.1. The summed E-state index contributed by atoms with van der Waals surface area (Å²) < 4.78 is 1.59. The van der Waals surface area contributed by atoms with Crippen LogP contribution in [0.3, 0.4) is 0 Å². The van der Waals surface area contributed by atoms with Crippen LogP contribution < -0.4 is 5.56 Å². The molecule has 0 unspecified atom stereocenters. The van der Waals surface area contributed by atoms with Gasteiger partial charge in [0, 0.05) is 12.7 Å². The van der Waals surface area contributed by atoms with Gasteiger partial charge in [-0.2, -0.15) is 0 Å². The highest BCUT2D eigenvalue weighted by Crippen LogP contribution is 2.08. The lowest BCUT2D eigenvalue weighted by molar-refractivity contribution is 0.717. The molecule has 4 nitrogen and oxygen atoms in total. The van der Waals surface area contributed by atoms with Crippen molar-refractivity contribution in [1.82, 2.24) is 14.5 Å². The van der Waals surface area contributed by atoms with Gasteiger partial charge in [0.2, 0.25) is 0 Å². The molecule has 72 valence electrons. The average molecular weight is 189 g/mol. The van der Waals surface area contributed by atoms with Gasteiger partial charge in [0.15, 0.2) is 0 Å². The van der Waals surface area contributed by atoms with Crippen molar-refractivity contribution in [1.29, 1.82) is 0 Å². The predicted molar refractivity (Wildman–Crippen MR) is 54.2 cm³/mol. The van der Waals surface area contributed by atoms with Gasteiger partial charge in [-0.1, -0.05) is 0 Å². The van der Waals surface area contributed by atoms with Crippen molar-refractivity contribution < 1.29 is 0 Å². The van der Waals surface area contributed by atoms with Crippen molar-refractivity contribution in [3.63, 3.8) is 0 Å². The molecular weight excluding hydrogens is 178 g/mol. The monoisotopic (exact) mass is 189 g/mol. The van der Waals surface area contributed by atoms with E-state index >= 15 is 0 Å². The summed E-state index contributed by atoms with van der Waals surface area (Å²) in [4.78, 5) is 20.0. The second kappa shape index (κ2) is 3.21. The summed E-state index contributed by atoms with van der Waals surface area (Å²) in [5.74, 6) is 0. The number of aromatic nitrogens is 3. The van der Waals surface area contributed by atoms with E-state index in [0.717, 1.165) is 5.56 Å². The zero-order valence-electron chi connectivity index (χ0n) is 8.19. The molecule has 2 aromatic heterocycles. The van der Waals surface area contributed by atoms with E-state index in [1.165, 1.54) is 0 Å². The molecule has 0 aliphatic rings. The molecule has 4 heteroatoms. The van der Waals surface area contributed by atoms with Crippen LogP contribution >= 0.6 is 0 Å². The van der Waals surface area contributed by atoms with Crippen LogP contribution in [0.4, 0.5) is 0 Å². The van der Waals surface area contributed by atoms with Crippen molar-refractivity contribution in [2.45, 2.75) is 20.4 Å². The Morgan fingerprint density at radius 1 is 1.43 bits per heavy atom. The quantitative estimate of drug-likeness (QED) is 0.675. The zero-order valence-corrected chi connectivity index (χ0v) is 8.19. The summed E-state index contributed by atoms with van der Waals surface area (Å²) in [6, 6.07) is 0. The van der Waals surface area contributed by atoms with E-state index in [2.05, 4.69) is 9.97 Å². The van der Waals surface area contributed by atoms with Crippen LogP contribution in [-0.2, 0) is 6.54 Å². The fourth-order valence-electron chi connectivity index (χ4n) is 1.48. The van der Waals surface area contributed by atoms with E-state index in [9.17, 15) is 4.79 Å². The Labute approximate surface area is 81.2 Å². The highest BCUT2D eigenvalue weighted by Gasteiger charge is 2.05. The van der Waals surface area contributed by atoms with Crippen molar-refractivity contribution in [3.05, 3.63) is 34.6 Å². The maximum atomic E-state index is 11.9. The number of fused-ring (bicyclic) bond motifs is 1. The van der Waals surface area contributed by atoms with E-state index < -0.39 is 0 Å². The smallest absolute Gasteiger partial charge is 0.261 e. The molecule has 0 N–H and O–H groups in total. The largest absolute Gasteiger partial charge is 0.299 e. The fraction of sp³-hybridized carbons (Fsp3) is 0.300. The van der Waals surface area contributed by atoms with Gasteiger partial charge >= 0.3 is 0 Å². The summed E-state index contributed by atoms with van der Waals surface area (Å²) in [5, 5.41) is 0.671. The van der Waals surface area contributed by atoms with E-state index in [1.807, 2.05) is 13.8 Å². The maximum absolute atomic E-state index is 11.9. The summed E-state index contributed by atoms with van der Waals surface area (Å²) >= 11 is 0. The van der Waals surface area contributed by atoms with Crippen LogP contribution in [0.1, 0.15) is 12.5 Å². The summed E-state index contributed by atoms with van der Waals surface area (Å²) in [5.41, 5.74) is 1.56. The topological polar surface area (TPSA) is 47.8 Å². The lowest BCUT2D eigenvalue weighted by Crippen LogP contribution is -2.20. The lowest BCUT2D eigenvalue weighted by atomic mass is 10.2. The Kier molecular flexibility index (Phi) is 2.04. The molecule has 0 spiro atoms. The first-order chi connectivity index (χ1) is 6.74.